The molecule has 0 aliphatic carbocycles. The van der Waals surface area contributed by atoms with E-state index in [1.165, 1.54) is 0 Å². The fourth-order valence-corrected chi connectivity index (χ4v) is 2.10. The molecule has 0 unspecified atom stereocenters. The second-order valence-corrected chi connectivity index (χ2v) is 11.6. The molecule has 3 heteroatoms. The molecule has 0 fully saturated rings. The van der Waals surface area contributed by atoms with Gasteiger partial charge in [-0.25, -0.2) is 4.89 Å². The molecular weight excluding hydrogens is 264 g/mol. The van der Waals surface area contributed by atoms with Gasteiger partial charge in [-0.05, 0) is 23.7 Å². The van der Waals surface area contributed by atoms with E-state index in [0.717, 1.165) is 5.56 Å². The lowest BCUT2D eigenvalue weighted by atomic mass is 9.98. The summed E-state index contributed by atoms with van der Waals surface area (Å²) in [6.45, 7) is 17.0. The minimum Gasteiger partial charge on any atom is -0.286 e. The Labute approximate surface area is 124 Å². The maximum atomic E-state index is 5.92. The highest BCUT2D eigenvalue weighted by molar-refractivity contribution is 6.73. The lowest BCUT2D eigenvalue weighted by Gasteiger charge is -2.36. The molecule has 2 nitrogen and oxygen atoms in total. The van der Waals surface area contributed by atoms with Crippen LogP contribution in [-0.2, 0) is 9.46 Å². The summed E-state index contributed by atoms with van der Waals surface area (Å²) < 4.78 is 5.92. The van der Waals surface area contributed by atoms with Gasteiger partial charge in [-0.1, -0.05) is 64.1 Å². The van der Waals surface area contributed by atoms with Crippen molar-refractivity contribution in [1.82, 2.24) is 0 Å². The molecule has 0 radical (unpaired) electrons. The monoisotopic (exact) mass is 292 g/mol. The fraction of sp³-hybridized carbons (Fsp3) is 0.529. The van der Waals surface area contributed by atoms with Crippen molar-refractivity contribution < 1.29 is 9.46 Å². The van der Waals surface area contributed by atoms with Crippen LogP contribution >= 0.6 is 0 Å². The lowest BCUT2D eigenvalue weighted by Crippen LogP contribution is -2.41. The van der Waals surface area contributed by atoms with E-state index in [1.54, 1.807) is 0 Å². The van der Waals surface area contributed by atoms with Crippen molar-refractivity contribution in [3.05, 3.63) is 48.6 Å². The first-order valence-electron chi connectivity index (χ1n) is 7.21. The first-order chi connectivity index (χ1) is 9.19. The zero-order chi connectivity index (χ0) is 15.4. The molecule has 0 aliphatic heterocycles. The molecule has 0 bridgehead atoms. The van der Waals surface area contributed by atoms with Crippen LogP contribution in [0.25, 0.3) is 0 Å². The highest BCUT2D eigenvalue weighted by atomic mass is 28.4. The van der Waals surface area contributed by atoms with Gasteiger partial charge in [-0.3, -0.25) is 4.58 Å². The van der Waals surface area contributed by atoms with Crippen LogP contribution in [0.15, 0.2) is 43.0 Å². The molecule has 0 saturated carbocycles. The summed E-state index contributed by atoms with van der Waals surface area (Å²) in [6.07, 6.45) is 1.80. The van der Waals surface area contributed by atoms with Crippen LogP contribution in [0.3, 0.4) is 0 Å². The summed E-state index contributed by atoms with van der Waals surface area (Å²) in [5.74, 6) is 0.196. The van der Waals surface area contributed by atoms with Crippen LogP contribution in [0.5, 0.6) is 0 Å². The lowest BCUT2D eigenvalue weighted by molar-refractivity contribution is -0.269. The van der Waals surface area contributed by atoms with E-state index < -0.39 is 8.32 Å². The van der Waals surface area contributed by atoms with Gasteiger partial charge in [0, 0.05) is 5.92 Å². The zero-order valence-electron chi connectivity index (χ0n) is 13.6. The molecule has 0 amide bonds. The third-order valence-corrected chi connectivity index (χ3v) is 8.27. The average molecular weight is 292 g/mol. The standard InChI is InChI=1S/C17H28O2Si/c1-8-14(2)16(15-12-10-9-11-13-15)18-19-20(6,7)17(3,4)5/h8-14,16H,1H2,2-7H3/t14-,16+/m1/s1. The van der Waals surface area contributed by atoms with Crippen molar-refractivity contribution in [3.63, 3.8) is 0 Å². The quantitative estimate of drug-likeness (QED) is 0.298. The van der Waals surface area contributed by atoms with Crippen molar-refractivity contribution >= 4 is 8.32 Å². The normalized spacial score (nSPS) is 15.7. The minimum absolute atomic E-state index is 0.108. The Bertz CT molecular complexity index is 420. The van der Waals surface area contributed by atoms with E-state index in [2.05, 4.69) is 59.5 Å². The van der Waals surface area contributed by atoms with E-state index in [9.17, 15) is 0 Å². The zero-order valence-corrected chi connectivity index (χ0v) is 14.6. The molecule has 1 rings (SSSR count). The van der Waals surface area contributed by atoms with E-state index in [1.807, 2.05) is 24.3 Å². The van der Waals surface area contributed by atoms with Gasteiger partial charge in [0.05, 0.1) is 0 Å². The molecule has 0 aliphatic rings. The van der Waals surface area contributed by atoms with Gasteiger partial charge >= 0.3 is 0 Å². The maximum Gasteiger partial charge on any atom is 0.238 e. The summed E-state index contributed by atoms with van der Waals surface area (Å²) in [5, 5.41) is 0.131. The molecule has 0 spiro atoms. The summed E-state index contributed by atoms with van der Waals surface area (Å²) in [4.78, 5) is 5.86. The van der Waals surface area contributed by atoms with Gasteiger partial charge in [-0.15, -0.1) is 6.58 Å². The largest absolute Gasteiger partial charge is 0.286 e. The van der Waals surface area contributed by atoms with Gasteiger partial charge in [0.15, 0.2) is 0 Å². The van der Waals surface area contributed by atoms with Crippen LogP contribution in [0.1, 0.15) is 39.4 Å². The Morgan fingerprint density at radius 2 is 1.70 bits per heavy atom. The van der Waals surface area contributed by atoms with Gasteiger partial charge in [0.2, 0.25) is 8.32 Å². The maximum absolute atomic E-state index is 5.92. The first-order valence-corrected chi connectivity index (χ1v) is 10.1. The summed E-state index contributed by atoms with van der Waals surface area (Å²) >= 11 is 0. The summed E-state index contributed by atoms with van der Waals surface area (Å²) in [7, 11) is -1.92. The van der Waals surface area contributed by atoms with Gasteiger partial charge in [0.1, 0.15) is 6.10 Å². The van der Waals surface area contributed by atoms with Gasteiger partial charge < -0.3 is 0 Å². The van der Waals surface area contributed by atoms with Crippen LogP contribution in [0, 0.1) is 5.92 Å². The molecule has 0 saturated heterocycles. The van der Waals surface area contributed by atoms with E-state index >= 15 is 0 Å². The Hall–Kier alpha value is -0.903. The number of hydrogen-bond donors (Lipinski definition) is 0. The third kappa shape index (κ3) is 4.30. The van der Waals surface area contributed by atoms with Crippen LogP contribution in [0.2, 0.25) is 18.1 Å². The molecule has 20 heavy (non-hydrogen) atoms. The molecule has 0 heterocycles. The molecule has 1 aromatic carbocycles. The van der Waals surface area contributed by atoms with Gasteiger partial charge in [-0.2, -0.15) is 0 Å². The fourth-order valence-electron chi connectivity index (χ4n) is 1.51. The molecule has 0 aromatic heterocycles. The second-order valence-electron chi connectivity index (χ2n) is 6.87. The van der Waals surface area contributed by atoms with Crippen molar-refractivity contribution in [3.8, 4) is 0 Å². The molecule has 0 N–H and O–H groups in total. The number of benzene rings is 1. The minimum atomic E-state index is -1.92. The van der Waals surface area contributed by atoms with Crippen molar-refractivity contribution in [2.75, 3.05) is 0 Å². The molecule has 1 aromatic rings. The van der Waals surface area contributed by atoms with Crippen molar-refractivity contribution in [2.24, 2.45) is 5.92 Å². The second kappa shape index (κ2) is 6.70. The molecule has 2 atom stereocenters. The van der Waals surface area contributed by atoms with Crippen molar-refractivity contribution in [1.29, 1.82) is 0 Å². The van der Waals surface area contributed by atoms with Gasteiger partial charge in [0.25, 0.3) is 0 Å². The first kappa shape index (κ1) is 17.1. The smallest absolute Gasteiger partial charge is 0.238 e. The van der Waals surface area contributed by atoms with E-state index in [4.69, 9.17) is 9.46 Å². The van der Waals surface area contributed by atoms with E-state index in [-0.39, 0.29) is 17.1 Å². The predicted octanol–water partition coefficient (Wildman–Crippen LogP) is 5.50. The van der Waals surface area contributed by atoms with Crippen LogP contribution in [-0.4, -0.2) is 8.32 Å². The Morgan fingerprint density at radius 3 is 2.15 bits per heavy atom. The summed E-state index contributed by atoms with van der Waals surface area (Å²) in [6, 6.07) is 10.2. The molecular formula is C17H28O2Si. The highest BCUT2D eigenvalue weighted by Crippen LogP contribution is 2.38. The predicted molar refractivity (Wildman–Crippen MR) is 87.9 cm³/mol. The average Bonchev–Trinajstić information content (AvgIpc) is 2.38. The number of hydrogen-bond acceptors (Lipinski definition) is 2. The summed E-state index contributed by atoms with van der Waals surface area (Å²) in [5.41, 5.74) is 1.12. The Morgan fingerprint density at radius 1 is 1.15 bits per heavy atom. The SMILES string of the molecule is C=C[C@@H](C)[C@H](OO[Si](C)(C)C(C)(C)C)c1ccccc1. The van der Waals surface area contributed by atoms with Crippen LogP contribution < -0.4 is 0 Å². The van der Waals surface area contributed by atoms with Crippen LogP contribution in [0.4, 0.5) is 0 Å². The molecule has 112 valence electrons. The van der Waals surface area contributed by atoms with E-state index in [0.29, 0.717) is 0 Å². The third-order valence-electron chi connectivity index (χ3n) is 4.14. The Balaban J connectivity index is 2.85. The highest BCUT2D eigenvalue weighted by Gasteiger charge is 2.40. The number of rotatable bonds is 6. The Kier molecular flexibility index (Phi) is 5.75. The van der Waals surface area contributed by atoms with Crippen molar-refractivity contribution in [2.45, 2.75) is 51.9 Å². The topological polar surface area (TPSA) is 18.5 Å².